The predicted molar refractivity (Wildman–Crippen MR) is 71.1 cm³/mol. The Morgan fingerprint density at radius 3 is 2.95 bits per heavy atom. The number of hydrogen-bond donors (Lipinski definition) is 3. The molecule has 1 saturated heterocycles. The third kappa shape index (κ3) is 3.36. The van der Waals surface area contributed by atoms with Crippen molar-refractivity contribution in [3.05, 3.63) is 17.5 Å². The maximum absolute atomic E-state index is 12.0. The second kappa shape index (κ2) is 6.34. The zero-order chi connectivity index (χ0) is 14.7. The molecule has 2 rings (SSSR count). The fourth-order valence-corrected chi connectivity index (χ4v) is 2.42. The van der Waals surface area contributed by atoms with Crippen LogP contribution in [-0.4, -0.2) is 57.4 Å². The molecule has 7 heteroatoms. The lowest BCUT2D eigenvalue weighted by atomic mass is 10.00. The number of aliphatic hydroxyl groups excluding tert-OH is 2. The van der Waals surface area contributed by atoms with Gasteiger partial charge in [-0.05, 0) is 26.3 Å². The van der Waals surface area contributed by atoms with Crippen LogP contribution >= 0.6 is 0 Å². The second-order valence-corrected chi connectivity index (χ2v) is 5.13. The first-order valence-corrected chi connectivity index (χ1v) is 6.72. The molecular weight excluding hydrogens is 262 g/mol. The molecule has 1 aliphatic rings. The highest BCUT2D eigenvalue weighted by atomic mass is 16.5. The molecule has 1 fully saturated rings. The first kappa shape index (κ1) is 15.0. The number of aliphatic hydroxyl groups is 2. The Balaban J connectivity index is 1.92. The molecular formula is C13H21N3O4. The summed E-state index contributed by atoms with van der Waals surface area (Å²) in [4.78, 5) is 12.0. The van der Waals surface area contributed by atoms with Gasteiger partial charge in [-0.1, -0.05) is 0 Å². The molecule has 1 aromatic heterocycles. The lowest BCUT2D eigenvalue weighted by molar-refractivity contribution is -0.132. The fourth-order valence-electron chi connectivity index (χ4n) is 2.42. The highest BCUT2D eigenvalue weighted by Gasteiger charge is 2.33. The Labute approximate surface area is 117 Å². The van der Waals surface area contributed by atoms with Gasteiger partial charge in [-0.25, -0.2) is 0 Å². The Morgan fingerprint density at radius 1 is 1.60 bits per heavy atom. The van der Waals surface area contributed by atoms with Gasteiger partial charge in [-0.15, -0.1) is 0 Å². The van der Waals surface area contributed by atoms with Crippen LogP contribution in [0.1, 0.15) is 17.8 Å². The maximum Gasteiger partial charge on any atom is 0.242 e. The molecule has 112 valence electrons. The molecule has 2 heterocycles. The average molecular weight is 283 g/mol. The van der Waals surface area contributed by atoms with Crippen LogP contribution in [0.2, 0.25) is 0 Å². The average Bonchev–Trinajstić information content (AvgIpc) is 2.70. The van der Waals surface area contributed by atoms with Crippen LogP contribution in [0.4, 0.5) is 0 Å². The lowest BCUT2D eigenvalue weighted by Crippen LogP contribution is -2.54. The summed E-state index contributed by atoms with van der Waals surface area (Å²) in [5.74, 6) is -0.209. The van der Waals surface area contributed by atoms with E-state index in [0.717, 1.165) is 11.4 Å². The molecule has 3 N–H and O–H groups in total. The molecule has 1 aromatic rings. The van der Waals surface area contributed by atoms with Gasteiger partial charge in [0.05, 0.1) is 18.3 Å². The summed E-state index contributed by atoms with van der Waals surface area (Å²) in [5, 5.41) is 26.1. The maximum atomic E-state index is 12.0. The largest absolute Gasteiger partial charge is 0.394 e. The summed E-state index contributed by atoms with van der Waals surface area (Å²) >= 11 is 0. The minimum absolute atomic E-state index is 0.119. The molecule has 0 unspecified atom stereocenters. The topological polar surface area (TPSA) is 96.6 Å². The van der Waals surface area contributed by atoms with Crippen LogP contribution < -0.4 is 5.32 Å². The van der Waals surface area contributed by atoms with E-state index in [1.54, 1.807) is 4.68 Å². The van der Waals surface area contributed by atoms with Gasteiger partial charge in [0.15, 0.2) is 0 Å². The van der Waals surface area contributed by atoms with E-state index in [2.05, 4.69) is 10.4 Å². The van der Waals surface area contributed by atoms with Crippen LogP contribution in [0.25, 0.3) is 0 Å². The zero-order valence-electron chi connectivity index (χ0n) is 11.7. The highest BCUT2D eigenvalue weighted by molar-refractivity contribution is 5.76. The SMILES string of the molecule is Cc1cc(C)n(CC(=O)N[C@H]2CCO[C@H](CO)[C@H]2O)n1. The van der Waals surface area contributed by atoms with Gasteiger partial charge in [-0.3, -0.25) is 9.48 Å². The number of carbonyl (C=O) groups is 1. The van der Waals surface area contributed by atoms with Crippen molar-refractivity contribution in [2.45, 2.75) is 45.1 Å². The Kier molecular flexibility index (Phi) is 4.74. The van der Waals surface area contributed by atoms with Crippen molar-refractivity contribution in [2.75, 3.05) is 13.2 Å². The van der Waals surface area contributed by atoms with Crippen LogP contribution in [0.15, 0.2) is 6.07 Å². The van der Waals surface area contributed by atoms with Crippen molar-refractivity contribution in [3.8, 4) is 0 Å². The van der Waals surface area contributed by atoms with Crippen LogP contribution in [-0.2, 0) is 16.1 Å². The molecule has 0 saturated carbocycles. The third-order valence-electron chi connectivity index (χ3n) is 3.48. The minimum Gasteiger partial charge on any atom is -0.394 e. The van der Waals surface area contributed by atoms with Crippen LogP contribution in [0.3, 0.4) is 0 Å². The van der Waals surface area contributed by atoms with Crippen molar-refractivity contribution >= 4 is 5.91 Å². The summed E-state index contributed by atoms with van der Waals surface area (Å²) < 4.78 is 6.85. The molecule has 3 atom stereocenters. The van der Waals surface area contributed by atoms with E-state index in [1.165, 1.54) is 0 Å². The number of carbonyl (C=O) groups excluding carboxylic acids is 1. The number of hydrogen-bond acceptors (Lipinski definition) is 5. The standard InChI is InChI=1S/C13H21N3O4/c1-8-5-9(2)16(15-8)6-12(18)14-10-3-4-20-11(7-17)13(10)19/h5,10-11,13,17,19H,3-4,6-7H2,1-2H3,(H,14,18)/t10-,11+,13-/m0/s1. The van der Waals surface area contributed by atoms with Gasteiger partial charge in [0.1, 0.15) is 18.8 Å². The number of aryl methyl sites for hydroxylation is 2. The van der Waals surface area contributed by atoms with Crippen molar-refractivity contribution in [2.24, 2.45) is 0 Å². The molecule has 7 nitrogen and oxygen atoms in total. The van der Waals surface area contributed by atoms with E-state index in [0.29, 0.717) is 13.0 Å². The second-order valence-electron chi connectivity index (χ2n) is 5.13. The van der Waals surface area contributed by atoms with E-state index in [-0.39, 0.29) is 19.1 Å². The number of nitrogens with zero attached hydrogens (tertiary/aromatic N) is 2. The number of amides is 1. The molecule has 1 amide bonds. The lowest BCUT2D eigenvalue weighted by Gasteiger charge is -2.34. The Bertz CT molecular complexity index is 474. The van der Waals surface area contributed by atoms with Gasteiger partial charge >= 0.3 is 0 Å². The van der Waals surface area contributed by atoms with E-state index in [9.17, 15) is 9.90 Å². The van der Waals surface area contributed by atoms with Crippen molar-refractivity contribution in [3.63, 3.8) is 0 Å². The quantitative estimate of drug-likeness (QED) is 0.667. The van der Waals surface area contributed by atoms with Crippen LogP contribution in [0, 0.1) is 13.8 Å². The third-order valence-corrected chi connectivity index (χ3v) is 3.48. The Hall–Kier alpha value is -1.44. The fraction of sp³-hybridized carbons (Fsp3) is 0.692. The summed E-state index contributed by atoms with van der Waals surface area (Å²) in [6.07, 6.45) is -0.999. The number of aromatic nitrogens is 2. The van der Waals surface area contributed by atoms with Gasteiger partial charge < -0.3 is 20.3 Å². The monoisotopic (exact) mass is 283 g/mol. The van der Waals surface area contributed by atoms with E-state index < -0.39 is 18.2 Å². The minimum atomic E-state index is -0.891. The van der Waals surface area contributed by atoms with Crippen molar-refractivity contribution < 1.29 is 19.7 Å². The number of nitrogens with one attached hydrogen (secondary N) is 1. The van der Waals surface area contributed by atoms with Crippen molar-refractivity contribution in [1.29, 1.82) is 0 Å². The molecule has 20 heavy (non-hydrogen) atoms. The number of ether oxygens (including phenoxy) is 1. The molecule has 0 aliphatic carbocycles. The van der Waals surface area contributed by atoms with Crippen LogP contribution in [0.5, 0.6) is 0 Å². The molecule has 0 aromatic carbocycles. The van der Waals surface area contributed by atoms with Gasteiger partial charge in [0.2, 0.25) is 5.91 Å². The first-order chi connectivity index (χ1) is 9.51. The summed E-state index contributed by atoms with van der Waals surface area (Å²) in [7, 11) is 0. The molecule has 1 aliphatic heterocycles. The zero-order valence-corrected chi connectivity index (χ0v) is 11.7. The van der Waals surface area contributed by atoms with E-state index in [4.69, 9.17) is 9.84 Å². The normalized spacial score (nSPS) is 26.5. The Morgan fingerprint density at radius 2 is 2.35 bits per heavy atom. The highest BCUT2D eigenvalue weighted by Crippen LogP contribution is 2.14. The van der Waals surface area contributed by atoms with E-state index >= 15 is 0 Å². The van der Waals surface area contributed by atoms with Gasteiger partial charge in [-0.2, -0.15) is 5.10 Å². The molecule has 0 spiro atoms. The predicted octanol–water partition coefficient (Wildman–Crippen LogP) is -0.873. The van der Waals surface area contributed by atoms with Gasteiger partial charge in [0, 0.05) is 12.3 Å². The smallest absolute Gasteiger partial charge is 0.242 e. The number of rotatable bonds is 4. The molecule has 0 bridgehead atoms. The first-order valence-electron chi connectivity index (χ1n) is 6.72. The van der Waals surface area contributed by atoms with Gasteiger partial charge in [0.25, 0.3) is 0 Å². The van der Waals surface area contributed by atoms with E-state index in [1.807, 2.05) is 19.9 Å². The summed E-state index contributed by atoms with van der Waals surface area (Å²) in [6.45, 7) is 4.03. The van der Waals surface area contributed by atoms with Crippen molar-refractivity contribution in [1.82, 2.24) is 15.1 Å². The summed E-state index contributed by atoms with van der Waals surface area (Å²) in [5.41, 5.74) is 1.78. The summed E-state index contributed by atoms with van der Waals surface area (Å²) in [6, 6.07) is 1.50. The molecule has 0 radical (unpaired) electrons.